The number of thiocarbonyl (C=S) groups is 1. The fourth-order valence-electron chi connectivity index (χ4n) is 1.78. The lowest BCUT2D eigenvalue weighted by Crippen LogP contribution is -2.31. The van der Waals surface area contributed by atoms with Gasteiger partial charge in [0.2, 0.25) is 0 Å². The van der Waals surface area contributed by atoms with E-state index in [2.05, 4.69) is 5.32 Å². The molecule has 0 unspecified atom stereocenters. The van der Waals surface area contributed by atoms with Gasteiger partial charge in [0.05, 0.1) is 0 Å². The van der Waals surface area contributed by atoms with Crippen LogP contribution in [0.25, 0.3) is 6.08 Å². The second-order valence-corrected chi connectivity index (χ2v) is 4.43. The molecule has 1 aliphatic rings. The summed E-state index contributed by atoms with van der Waals surface area (Å²) in [5, 5.41) is 12.7. The molecule has 1 fully saturated rings. The zero-order valence-electron chi connectivity index (χ0n) is 10.0. The van der Waals surface area contributed by atoms with Gasteiger partial charge >= 0.3 is 0 Å². The van der Waals surface area contributed by atoms with Gasteiger partial charge in [-0.3, -0.25) is 9.69 Å². The normalized spacial score (nSPS) is 17.4. The largest absolute Gasteiger partial charge is 0.508 e. The van der Waals surface area contributed by atoms with Crippen LogP contribution in [-0.2, 0) is 4.79 Å². The van der Waals surface area contributed by atoms with Gasteiger partial charge in [-0.2, -0.15) is 0 Å². The van der Waals surface area contributed by atoms with Crippen molar-refractivity contribution in [3.8, 4) is 5.75 Å². The van der Waals surface area contributed by atoms with Crippen molar-refractivity contribution in [3.63, 3.8) is 0 Å². The zero-order valence-corrected chi connectivity index (χ0v) is 10.8. The molecule has 0 aliphatic carbocycles. The average Bonchev–Trinajstić information content (AvgIpc) is 2.57. The van der Waals surface area contributed by atoms with Gasteiger partial charge in [-0.15, -0.1) is 0 Å². The molecule has 1 aliphatic heterocycles. The summed E-state index contributed by atoms with van der Waals surface area (Å²) in [7, 11) is 0. The van der Waals surface area contributed by atoms with Gasteiger partial charge in [-0.1, -0.05) is 19.1 Å². The van der Waals surface area contributed by atoms with Crippen molar-refractivity contribution >= 4 is 29.3 Å². The van der Waals surface area contributed by atoms with Crippen molar-refractivity contribution in [1.82, 2.24) is 10.2 Å². The first-order valence-corrected chi connectivity index (χ1v) is 6.16. The Hall–Kier alpha value is -1.88. The molecule has 4 nitrogen and oxygen atoms in total. The van der Waals surface area contributed by atoms with Crippen LogP contribution >= 0.6 is 12.2 Å². The van der Waals surface area contributed by atoms with Crippen molar-refractivity contribution < 1.29 is 9.90 Å². The summed E-state index contributed by atoms with van der Waals surface area (Å²) in [5.41, 5.74) is 1.20. The predicted octanol–water partition coefficient (Wildman–Crippen LogP) is 1.86. The molecule has 0 atom stereocenters. The lowest BCUT2D eigenvalue weighted by atomic mass is 10.2. The van der Waals surface area contributed by atoms with Crippen molar-refractivity contribution in [2.45, 2.75) is 13.3 Å². The standard InChI is InChI=1S/C13H14N2O2S/c1-2-6-15-12(17)11(14-13(15)18)8-9-4-3-5-10(16)7-9/h3-5,7-8,16H,2,6H2,1H3,(H,14,18)/b11-8-. The third-order valence-corrected chi connectivity index (χ3v) is 2.91. The number of carbonyl (C=O) groups excluding carboxylic acids is 1. The van der Waals surface area contributed by atoms with E-state index in [1.165, 1.54) is 0 Å². The monoisotopic (exact) mass is 262 g/mol. The van der Waals surface area contributed by atoms with Crippen LogP contribution in [0.4, 0.5) is 0 Å². The minimum Gasteiger partial charge on any atom is -0.508 e. The molecule has 0 radical (unpaired) electrons. The SMILES string of the molecule is CCCN1C(=O)/C(=C/c2cccc(O)c2)NC1=S. The lowest BCUT2D eigenvalue weighted by molar-refractivity contribution is -0.122. The summed E-state index contributed by atoms with van der Waals surface area (Å²) < 4.78 is 0. The fraction of sp³-hybridized carbons (Fsp3) is 0.231. The minimum atomic E-state index is -0.120. The maximum absolute atomic E-state index is 12.0. The molecule has 94 valence electrons. The number of aromatic hydroxyl groups is 1. The van der Waals surface area contributed by atoms with Gasteiger partial charge in [-0.25, -0.2) is 0 Å². The number of phenols is 1. The number of carbonyl (C=O) groups is 1. The molecule has 0 spiro atoms. The highest BCUT2D eigenvalue weighted by atomic mass is 32.1. The maximum Gasteiger partial charge on any atom is 0.276 e. The highest BCUT2D eigenvalue weighted by molar-refractivity contribution is 7.80. The molecule has 0 saturated carbocycles. The van der Waals surface area contributed by atoms with Crippen LogP contribution < -0.4 is 5.32 Å². The highest BCUT2D eigenvalue weighted by Crippen LogP contribution is 2.17. The van der Waals surface area contributed by atoms with E-state index < -0.39 is 0 Å². The zero-order chi connectivity index (χ0) is 13.1. The van der Waals surface area contributed by atoms with Crippen molar-refractivity contribution in [3.05, 3.63) is 35.5 Å². The first-order chi connectivity index (χ1) is 8.61. The van der Waals surface area contributed by atoms with Crippen LogP contribution in [0.3, 0.4) is 0 Å². The Morgan fingerprint density at radius 3 is 2.94 bits per heavy atom. The molecule has 0 bridgehead atoms. The number of rotatable bonds is 3. The van der Waals surface area contributed by atoms with Gasteiger partial charge in [-0.05, 0) is 42.4 Å². The summed E-state index contributed by atoms with van der Waals surface area (Å²) in [6, 6.07) is 6.71. The van der Waals surface area contributed by atoms with Crippen LogP contribution in [0.1, 0.15) is 18.9 Å². The summed E-state index contributed by atoms with van der Waals surface area (Å²) in [5.74, 6) is 0.0491. The third kappa shape index (κ3) is 2.51. The Bertz CT molecular complexity index is 525. The summed E-state index contributed by atoms with van der Waals surface area (Å²) in [4.78, 5) is 13.6. The lowest BCUT2D eigenvalue weighted by Gasteiger charge is -2.11. The molecule has 0 aromatic heterocycles. The topological polar surface area (TPSA) is 52.6 Å². The van der Waals surface area contributed by atoms with Gasteiger partial charge < -0.3 is 10.4 Å². The van der Waals surface area contributed by atoms with E-state index >= 15 is 0 Å². The minimum absolute atomic E-state index is 0.120. The molecule has 1 heterocycles. The Balaban J connectivity index is 2.25. The van der Waals surface area contributed by atoms with E-state index in [0.717, 1.165) is 12.0 Å². The molecule has 2 N–H and O–H groups in total. The van der Waals surface area contributed by atoms with Crippen molar-refractivity contribution in [2.75, 3.05) is 6.54 Å². The number of hydrogen-bond donors (Lipinski definition) is 2. The molecular weight excluding hydrogens is 248 g/mol. The van der Waals surface area contributed by atoms with E-state index in [9.17, 15) is 9.90 Å². The number of benzene rings is 1. The van der Waals surface area contributed by atoms with Crippen LogP contribution in [-0.4, -0.2) is 27.6 Å². The number of phenolic OH excluding ortho intramolecular Hbond substituents is 1. The quantitative estimate of drug-likeness (QED) is 0.645. The van der Waals surface area contributed by atoms with E-state index in [1.807, 2.05) is 13.0 Å². The molecule has 2 rings (SSSR count). The van der Waals surface area contributed by atoms with E-state index in [4.69, 9.17) is 12.2 Å². The van der Waals surface area contributed by atoms with E-state index in [0.29, 0.717) is 17.4 Å². The van der Waals surface area contributed by atoms with Gasteiger partial charge in [0, 0.05) is 6.54 Å². The predicted molar refractivity (Wildman–Crippen MR) is 73.8 cm³/mol. The number of nitrogens with one attached hydrogen (secondary N) is 1. The maximum atomic E-state index is 12.0. The van der Waals surface area contributed by atoms with Crippen molar-refractivity contribution in [2.24, 2.45) is 0 Å². The van der Waals surface area contributed by atoms with Gasteiger partial charge in [0.1, 0.15) is 11.4 Å². The number of amides is 1. The molecule has 1 saturated heterocycles. The summed E-state index contributed by atoms with van der Waals surface area (Å²) >= 11 is 5.11. The number of nitrogens with zero attached hydrogens (tertiary/aromatic N) is 1. The summed E-state index contributed by atoms with van der Waals surface area (Å²) in [6.45, 7) is 2.61. The Kier molecular flexibility index (Phi) is 3.62. The van der Waals surface area contributed by atoms with Crippen LogP contribution in [0.5, 0.6) is 5.75 Å². The molecule has 5 heteroatoms. The first-order valence-electron chi connectivity index (χ1n) is 5.75. The molecule has 18 heavy (non-hydrogen) atoms. The van der Waals surface area contributed by atoms with Crippen LogP contribution in [0.2, 0.25) is 0 Å². The second kappa shape index (κ2) is 5.18. The van der Waals surface area contributed by atoms with E-state index in [1.54, 1.807) is 29.2 Å². The summed E-state index contributed by atoms with van der Waals surface area (Å²) in [6.07, 6.45) is 2.54. The van der Waals surface area contributed by atoms with Gasteiger partial charge in [0.25, 0.3) is 5.91 Å². The Morgan fingerprint density at radius 1 is 1.50 bits per heavy atom. The molecular formula is C13H14N2O2S. The Morgan fingerprint density at radius 2 is 2.28 bits per heavy atom. The van der Waals surface area contributed by atoms with Crippen LogP contribution in [0, 0.1) is 0 Å². The third-order valence-electron chi connectivity index (χ3n) is 2.59. The second-order valence-electron chi connectivity index (χ2n) is 4.04. The Labute approximate surface area is 111 Å². The highest BCUT2D eigenvalue weighted by Gasteiger charge is 2.29. The molecule has 1 aromatic rings. The van der Waals surface area contributed by atoms with Crippen molar-refractivity contribution in [1.29, 1.82) is 0 Å². The van der Waals surface area contributed by atoms with E-state index in [-0.39, 0.29) is 11.7 Å². The fourth-order valence-corrected chi connectivity index (χ4v) is 2.06. The van der Waals surface area contributed by atoms with Crippen LogP contribution in [0.15, 0.2) is 30.0 Å². The number of hydrogen-bond acceptors (Lipinski definition) is 3. The smallest absolute Gasteiger partial charge is 0.276 e. The van der Waals surface area contributed by atoms with Gasteiger partial charge in [0.15, 0.2) is 5.11 Å². The average molecular weight is 262 g/mol. The molecule has 1 amide bonds. The molecule has 1 aromatic carbocycles. The first kappa shape index (κ1) is 12.6.